The number of unbranched alkanes of at least 4 members (excludes halogenated alkanes) is 1. The highest BCUT2D eigenvalue weighted by molar-refractivity contribution is 5.94. The minimum absolute atomic E-state index is 0.0357. The molecule has 42 heavy (non-hydrogen) atoms. The predicted molar refractivity (Wildman–Crippen MR) is 158 cm³/mol. The lowest BCUT2D eigenvalue weighted by Crippen LogP contribution is -2.58. The van der Waals surface area contributed by atoms with E-state index in [1.807, 2.05) is 37.4 Å². The number of rotatable bonds is 17. The number of aromatic amines is 2. The van der Waals surface area contributed by atoms with E-state index in [-0.39, 0.29) is 25.2 Å². The largest absolute Gasteiger partial charge is 0.480 e. The molecule has 2 aromatic heterocycles. The van der Waals surface area contributed by atoms with Gasteiger partial charge in [0, 0.05) is 35.4 Å². The number of aliphatic carboxylic acids is 1. The summed E-state index contributed by atoms with van der Waals surface area (Å²) < 4.78 is 0. The van der Waals surface area contributed by atoms with Crippen molar-refractivity contribution in [2.45, 2.75) is 76.5 Å². The van der Waals surface area contributed by atoms with Crippen LogP contribution in [0.15, 0.2) is 43.0 Å². The average Bonchev–Trinajstić information content (AvgIpc) is 3.64. The number of H-pyrrole nitrogens is 2. The first kappa shape index (κ1) is 32.3. The third-order valence-electron chi connectivity index (χ3n) is 7.42. The number of carbonyl (C=O) groups excluding carboxylic acids is 3. The van der Waals surface area contributed by atoms with Crippen molar-refractivity contribution in [2.75, 3.05) is 6.54 Å². The number of nitrogens with zero attached hydrogens (tertiary/aromatic N) is 1. The van der Waals surface area contributed by atoms with E-state index in [1.54, 1.807) is 6.92 Å². The van der Waals surface area contributed by atoms with Crippen LogP contribution >= 0.6 is 0 Å². The molecule has 10 N–H and O–H groups in total. The fraction of sp³-hybridized carbons (Fsp3) is 0.483. The summed E-state index contributed by atoms with van der Waals surface area (Å²) in [6.07, 6.45) is 7.05. The monoisotopic (exact) mass is 582 g/mol. The van der Waals surface area contributed by atoms with Crippen molar-refractivity contribution in [3.63, 3.8) is 0 Å². The molecule has 0 spiro atoms. The number of benzene rings is 1. The summed E-state index contributed by atoms with van der Waals surface area (Å²) in [6, 6.07) is 3.51. The summed E-state index contributed by atoms with van der Waals surface area (Å²) in [4.78, 5) is 61.8. The van der Waals surface area contributed by atoms with Crippen LogP contribution in [0.25, 0.3) is 10.9 Å². The molecule has 5 atom stereocenters. The Morgan fingerprint density at radius 2 is 1.69 bits per heavy atom. The summed E-state index contributed by atoms with van der Waals surface area (Å²) in [5.74, 6) is -3.26. The van der Waals surface area contributed by atoms with Gasteiger partial charge >= 0.3 is 5.97 Å². The van der Waals surface area contributed by atoms with Gasteiger partial charge in [0.05, 0.1) is 12.4 Å². The van der Waals surface area contributed by atoms with Gasteiger partial charge in [-0.2, -0.15) is 0 Å². The summed E-state index contributed by atoms with van der Waals surface area (Å²) >= 11 is 0. The number of carboxylic acid groups (broad SMARTS) is 1. The number of carboxylic acids is 1. The molecule has 3 rings (SSSR count). The second kappa shape index (κ2) is 15.7. The molecule has 0 radical (unpaired) electrons. The third kappa shape index (κ3) is 8.88. The Balaban J connectivity index is 1.74. The van der Waals surface area contributed by atoms with E-state index in [0.29, 0.717) is 31.5 Å². The van der Waals surface area contributed by atoms with Crippen LogP contribution in [0.4, 0.5) is 0 Å². The average molecular weight is 583 g/mol. The minimum atomic E-state index is -1.17. The van der Waals surface area contributed by atoms with E-state index in [9.17, 15) is 24.3 Å². The highest BCUT2D eigenvalue weighted by atomic mass is 16.4. The van der Waals surface area contributed by atoms with Crippen molar-refractivity contribution >= 4 is 34.6 Å². The number of fused-ring (bicyclic) bond motifs is 1. The number of nitrogens with two attached hydrogens (primary N) is 2. The molecule has 0 fully saturated rings. The molecule has 5 unspecified atom stereocenters. The van der Waals surface area contributed by atoms with Crippen molar-refractivity contribution in [3.05, 3.63) is 54.2 Å². The Kier molecular flexibility index (Phi) is 12.1. The van der Waals surface area contributed by atoms with Crippen molar-refractivity contribution in [3.8, 4) is 0 Å². The number of carbonyl (C=O) groups is 4. The molecule has 228 valence electrons. The normalized spacial score (nSPS) is 14.9. The highest BCUT2D eigenvalue weighted by Crippen LogP contribution is 2.19. The van der Waals surface area contributed by atoms with Crippen LogP contribution < -0.4 is 27.4 Å². The SMILES string of the molecule is CCC(C)C(NC(=O)C(Cc1cnc[nH]1)NC(=O)C(CCCCN)NC(=O)C(N)Cc1c[nH]c2ccccc12)C(=O)O. The summed E-state index contributed by atoms with van der Waals surface area (Å²) in [5, 5.41) is 18.7. The topological polar surface area (TPSA) is 221 Å². The standard InChI is InChI=1S/C29H42N8O5/c1-3-17(2)25(29(41)42)37-28(40)24(13-19-15-32-16-34-19)36-27(39)23(10-6-7-11-30)35-26(38)21(31)12-18-14-33-22-9-5-4-8-20(18)22/h4-5,8-9,14-17,21,23-25,33H,3,6-7,10-13,30-31H2,1-2H3,(H,32,34)(H,35,38)(H,36,39)(H,37,40)(H,41,42). The molecule has 13 nitrogen and oxygen atoms in total. The van der Waals surface area contributed by atoms with Gasteiger partial charge in [-0.25, -0.2) is 9.78 Å². The van der Waals surface area contributed by atoms with Gasteiger partial charge in [-0.1, -0.05) is 38.5 Å². The van der Waals surface area contributed by atoms with Gasteiger partial charge in [0.2, 0.25) is 17.7 Å². The summed E-state index contributed by atoms with van der Waals surface area (Å²) in [5.41, 5.74) is 14.3. The van der Waals surface area contributed by atoms with Gasteiger partial charge in [-0.3, -0.25) is 14.4 Å². The predicted octanol–water partition coefficient (Wildman–Crippen LogP) is 0.718. The Hall–Kier alpha value is -4.23. The second-order valence-electron chi connectivity index (χ2n) is 10.6. The van der Waals surface area contributed by atoms with E-state index >= 15 is 0 Å². The zero-order valence-corrected chi connectivity index (χ0v) is 24.1. The number of amides is 3. The van der Waals surface area contributed by atoms with Crippen LogP contribution in [-0.4, -0.2) is 74.5 Å². The summed E-state index contributed by atoms with van der Waals surface area (Å²) in [6.45, 7) is 3.97. The van der Waals surface area contributed by atoms with Crippen LogP contribution in [0.5, 0.6) is 0 Å². The maximum Gasteiger partial charge on any atom is 0.326 e. The van der Waals surface area contributed by atoms with Gasteiger partial charge < -0.3 is 42.5 Å². The van der Waals surface area contributed by atoms with Crippen LogP contribution in [-0.2, 0) is 32.0 Å². The van der Waals surface area contributed by atoms with Crippen molar-refractivity contribution < 1.29 is 24.3 Å². The Morgan fingerprint density at radius 1 is 0.976 bits per heavy atom. The van der Waals surface area contributed by atoms with Gasteiger partial charge in [0.25, 0.3) is 0 Å². The maximum absolute atomic E-state index is 13.5. The molecule has 1 aromatic carbocycles. The highest BCUT2D eigenvalue weighted by Gasteiger charge is 2.32. The van der Waals surface area contributed by atoms with Crippen molar-refractivity contribution in [1.82, 2.24) is 30.9 Å². The van der Waals surface area contributed by atoms with E-state index in [2.05, 4.69) is 30.9 Å². The molecule has 0 aliphatic carbocycles. The van der Waals surface area contributed by atoms with E-state index in [0.717, 1.165) is 16.5 Å². The Bertz CT molecular complexity index is 1320. The summed E-state index contributed by atoms with van der Waals surface area (Å²) in [7, 11) is 0. The van der Waals surface area contributed by atoms with Gasteiger partial charge in [-0.15, -0.1) is 0 Å². The fourth-order valence-corrected chi connectivity index (χ4v) is 4.71. The zero-order valence-electron chi connectivity index (χ0n) is 24.1. The van der Waals surface area contributed by atoms with Crippen LogP contribution in [0.3, 0.4) is 0 Å². The maximum atomic E-state index is 13.5. The number of para-hydroxylation sites is 1. The lowest BCUT2D eigenvalue weighted by atomic mass is 9.98. The third-order valence-corrected chi connectivity index (χ3v) is 7.42. The van der Waals surface area contributed by atoms with E-state index in [1.165, 1.54) is 12.5 Å². The molecule has 0 saturated carbocycles. The molecular weight excluding hydrogens is 540 g/mol. The second-order valence-corrected chi connectivity index (χ2v) is 10.6. The van der Waals surface area contributed by atoms with Crippen molar-refractivity contribution in [2.24, 2.45) is 17.4 Å². The first-order valence-electron chi connectivity index (χ1n) is 14.3. The number of hydrogen-bond donors (Lipinski definition) is 8. The van der Waals surface area contributed by atoms with Crippen LogP contribution in [0.2, 0.25) is 0 Å². The molecule has 3 aromatic rings. The Morgan fingerprint density at radius 3 is 2.36 bits per heavy atom. The Labute approximate surface area is 244 Å². The van der Waals surface area contributed by atoms with Gasteiger partial charge in [-0.05, 0) is 49.8 Å². The zero-order chi connectivity index (χ0) is 30.6. The number of hydrogen-bond acceptors (Lipinski definition) is 7. The molecule has 0 aliphatic heterocycles. The van der Waals surface area contributed by atoms with Crippen molar-refractivity contribution in [1.29, 1.82) is 0 Å². The van der Waals surface area contributed by atoms with Gasteiger partial charge in [0.1, 0.15) is 18.1 Å². The fourth-order valence-electron chi connectivity index (χ4n) is 4.71. The molecule has 2 heterocycles. The molecular formula is C29H42N8O5. The number of aromatic nitrogens is 3. The lowest BCUT2D eigenvalue weighted by molar-refractivity contribution is -0.143. The number of imidazole rings is 1. The molecule has 0 bridgehead atoms. The van der Waals surface area contributed by atoms with Gasteiger partial charge in [0.15, 0.2) is 0 Å². The molecule has 3 amide bonds. The molecule has 13 heteroatoms. The first-order chi connectivity index (χ1) is 20.1. The number of nitrogens with one attached hydrogen (secondary N) is 5. The molecule has 0 aliphatic rings. The van der Waals surface area contributed by atoms with Crippen LogP contribution in [0.1, 0.15) is 50.8 Å². The first-order valence-corrected chi connectivity index (χ1v) is 14.3. The van der Waals surface area contributed by atoms with E-state index < -0.39 is 47.9 Å². The lowest BCUT2D eigenvalue weighted by Gasteiger charge is -2.26. The van der Waals surface area contributed by atoms with Crippen LogP contribution in [0, 0.1) is 5.92 Å². The van der Waals surface area contributed by atoms with E-state index in [4.69, 9.17) is 11.5 Å². The smallest absolute Gasteiger partial charge is 0.326 e. The minimum Gasteiger partial charge on any atom is -0.480 e. The quantitative estimate of drug-likeness (QED) is 0.106. The molecule has 0 saturated heterocycles.